The smallest absolute Gasteiger partial charge is 0.271 e. The molecule has 1 N–H and O–H groups in total. The Morgan fingerprint density at radius 3 is 2.90 bits per heavy atom. The van der Waals surface area contributed by atoms with Crippen molar-refractivity contribution in [1.82, 2.24) is 19.3 Å². The molecular weight excluding hydrogens is 388 g/mol. The van der Waals surface area contributed by atoms with Crippen molar-refractivity contribution in [2.24, 2.45) is 7.05 Å². The van der Waals surface area contributed by atoms with Gasteiger partial charge in [-0.05, 0) is 44.0 Å². The number of carbonyl (C=O) groups is 1. The van der Waals surface area contributed by atoms with Gasteiger partial charge >= 0.3 is 0 Å². The third-order valence-corrected chi connectivity index (χ3v) is 5.86. The van der Waals surface area contributed by atoms with E-state index in [1.54, 1.807) is 13.3 Å². The molecule has 0 aliphatic rings. The molecule has 1 amide bonds. The van der Waals surface area contributed by atoms with Crippen molar-refractivity contribution in [3.63, 3.8) is 0 Å². The first-order chi connectivity index (χ1) is 13.9. The fraction of sp³-hybridized carbons (Fsp3) is 0.286. The van der Waals surface area contributed by atoms with Gasteiger partial charge in [0.25, 0.3) is 11.5 Å². The molecule has 1 unspecified atom stereocenters. The summed E-state index contributed by atoms with van der Waals surface area (Å²) in [6.45, 7) is 3.83. The Morgan fingerprint density at radius 2 is 2.14 bits per heavy atom. The van der Waals surface area contributed by atoms with Crippen molar-refractivity contribution in [3.8, 4) is 5.75 Å². The quantitative estimate of drug-likeness (QED) is 0.549. The van der Waals surface area contributed by atoms with Crippen LogP contribution in [0.2, 0.25) is 0 Å². The number of carbonyl (C=O) groups excluding carboxylic acids is 1. The summed E-state index contributed by atoms with van der Waals surface area (Å²) in [6, 6.07) is 5.79. The van der Waals surface area contributed by atoms with Gasteiger partial charge in [-0.3, -0.25) is 14.0 Å². The summed E-state index contributed by atoms with van der Waals surface area (Å²) in [7, 11) is 3.64. The van der Waals surface area contributed by atoms with Gasteiger partial charge in [0.15, 0.2) is 4.96 Å². The number of nitrogens with zero attached hydrogens (tertiary/aromatic N) is 3. The molecule has 3 heterocycles. The minimum atomic E-state index is -0.411. The van der Waals surface area contributed by atoms with Crippen molar-refractivity contribution in [2.45, 2.75) is 26.3 Å². The Labute approximate surface area is 171 Å². The molecule has 0 bridgehead atoms. The number of fused-ring (bicyclic) bond motifs is 2. The third-order valence-electron chi connectivity index (χ3n) is 4.95. The largest absolute Gasteiger partial charge is 0.497 e. The summed E-state index contributed by atoms with van der Waals surface area (Å²) >= 11 is 1.42. The maximum absolute atomic E-state index is 12.7. The van der Waals surface area contributed by atoms with Crippen LogP contribution in [0, 0.1) is 6.92 Å². The number of aryl methyl sites for hydroxylation is 2. The first-order valence-electron chi connectivity index (χ1n) is 9.28. The first kappa shape index (κ1) is 19.2. The average molecular weight is 410 g/mol. The SMILES string of the molecule is COc1ccc2c(c1)c(CC(C)NC(=O)c1cnc3sc(C)cn3c1=O)cn2C. The summed E-state index contributed by atoms with van der Waals surface area (Å²) in [5.74, 6) is 0.381. The maximum atomic E-state index is 12.7. The molecule has 0 fully saturated rings. The Kier molecular flexibility index (Phi) is 4.87. The lowest BCUT2D eigenvalue weighted by Gasteiger charge is -2.13. The van der Waals surface area contributed by atoms with Crippen molar-refractivity contribution >= 4 is 33.1 Å². The summed E-state index contributed by atoms with van der Waals surface area (Å²) in [5, 5.41) is 4.02. The lowest BCUT2D eigenvalue weighted by Crippen LogP contribution is -2.37. The molecule has 4 aromatic rings. The highest BCUT2D eigenvalue weighted by molar-refractivity contribution is 7.16. The third kappa shape index (κ3) is 3.51. The van der Waals surface area contributed by atoms with Crippen LogP contribution in [0.15, 0.2) is 41.6 Å². The van der Waals surface area contributed by atoms with E-state index in [2.05, 4.69) is 21.1 Å². The fourth-order valence-electron chi connectivity index (χ4n) is 3.58. The Bertz CT molecular complexity index is 1280. The van der Waals surface area contributed by atoms with Crippen LogP contribution in [0.5, 0.6) is 5.75 Å². The van der Waals surface area contributed by atoms with E-state index in [9.17, 15) is 9.59 Å². The highest BCUT2D eigenvalue weighted by atomic mass is 32.1. The van der Waals surface area contributed by atoms with E-state index in [0.29, 0.717) is 11.4 Å². The zero-order valence-corrected chi connectivity index (χ0v) is 17.5. The minimum Gasteiger partial charge on any atom is -0.497 e. The monoisotopic (exact) mass is 410 g/mol. The molecule has 0 radical (unpaired) electrons. The summed E-state index contributed by atoms with van der Waals surface area (Å²) in [5.41, 5.74) is 1.90. The van der Waals surface area contributed by atoms with Crippen molar-refractivity contribution < 1.29 is 9.53 Å². The van der Waals surface area contributed by atoms with Gasteiger partial charge in [-0.25, -0.2) is 4.98 Å². The van der Waals surface area contributed by atoms with Crippen LogP contribution in [0.1, 0.15) is 27.7 Å². The predicted molar refractivity (Wildman–Crippen MR) is 114 cm³/mol. The molecule has 4 rings (SSSR count). The lowest BCUT2D eigenvalue weighted by atomic mass is 10.1. The van der Waals surface area contributed by atoms with Gasteiger partial charge in [0.2, 0.25) is 0 Å². The number of nitrogens with one attached hydrogen (secondary N) is 1. The zero-order valence-electron chi connectivity index (χ0n) is 16.7. The van der Waals surface area contributed by atoms with Gasteiger partial charge in [-0.1, -0.05) is 0 Å². The van der Waals surface area contributed by atoms with Crippen LogP contribution < -0.4 is 15.6 Å². The van der Waals surface area contributed by atoms with Gasteiger partial charge in [0, 0.05) is 47.5 Å². The number of aromatic nitrogens is 3. The van der Waals surface area contributed by atoms with E-state index in [4.69, 9.17) is 4.74 Å². The second-order valence-corrected chi connectivity index (χ2v) is 8.41. The number of benzene rings is 1. The molecule has 150 valence electrons. The minimum absolute atomic E-state index is 0.0479. The zero-order chi connectivity index (χ0) is 20.7. The summed E-state index contributed by atoms with van der Waals surface area (Å²) in [4.78, 5) is 31.1. The van der Waals surface area contributed by atoms with E-state index in [-0.39, 0.29) is 17.2 Å². The number of hydrogen-bond acceptors (Lipinski definition) is 5. The van der Waals surface area contributed by atoms with Crippen LogP contribution in [-0.4, -0.2) is 33.0 Å². The van der Waals surface area contributed by atoms with E-state index in [0.717, 1.165) is 27.1 Å². The Balaban J connectivity index is 1.56. The summed E-state index contributed by atoms with van der Waals surface area (Å²) < 4.78 is 8.83. The molecular formula is C21H22N4O3S. The molecule has 0 aliphatic heterocycles. The number of thiazole rings is 1. The number of rotatable bonds is 5. The van der Waals surface area contributed by atoms with E-state index in [1.807, 2.05) is 39.1 Å². The van der Waals surface area contributed by atoms with Gasteiger partial charge in [-0.2, -0.15) is 0 Å². The molecule has 3 aromatic heterocycles. The van der Waals surface area contributed by atoms with Crippen molar-refractivity contribution in [2.75, 3.05) is 7.11 Å². The maximum Gasteiger partial charge on any atom is 0.271 e. The normalized spacial score (nSPS) is 12.4. The van der Waals surface area contributed by atoms with Gasteiger partial charge < -0.3 is 14.6 Å². The molecule has 8 heteroatoms. The molecule has 0 saturated heterocycles. The van der Waals surface area contributed by atoms with Gasteiger partial charge in [-0.15, -0.1) is 11.3 Å². The van der Waals surface area contributed by atoms with Crippen LogP contribution in [0.25, 0.3) is 15.9 Å². The van der Waals surface area contributed by atoms with Gasteiger partial charge in [0.05, 0.1) is 7.11 Å². The van der Waals surface area contributed by atoms with Gasteiger partial charge in [0.1, 0.15) is 11.3 Å². The topological polar surface area (TPSA) is 77.6 Å². The second-order valence-electron chi connectivity index (χ2n) is 7.20. The predicted octanol–water partition coefficient (Wildman–Crippen LogP) is 2.93. The molecule has 1 aromatic carbocycles. The van der Waals surface area contributed by atoms with Crippen LogP contribution in [0.4, 0.5) is 0 Å². The fourth-order valence-corrected chi connectivity index (χ4v) is 4.36. The molecule has 0 aliphatic carbocycles. The second kappa shape index (κ2) is 7.36. The number of ether oxygens (including phenoxy) is 1. The molecule has 29 heavy (non-hydrogen) atoms. The van der Waals surface area contributed by atoms with E-state index >= 15 is 0 Å². The number of methoxy groups -OCH3 is 1. The Hall–Kier alpha value is -3.13. The molecule has 7 nitrogen and oxygen atoms in total. The Morgan fingerprint density at radius 1 is 1.34 bits per heavy atom. The number of amides is 1. The van der Waals surface area contributed by atoms with Crippen LogP contribution in [-0.2, 0) is 13.5 Å². The first-order valence-corrected chi connectivity index (χ1v) is 10.1. The van der Waals surface area contributed by atoms with E-state index in [1.165, 1.54) is 21.9 Å². The van der Waals surface area contributed by atoms with Crippen LogP contribution >= 0.6 is 11.3 Å². The van der Waals surface area contributed by atoms with E-state index < -0.39 is 5.91 Å². The summed E-state index contributed by atoms with van der Waals surface area (Å²) in [6.07, 6.45) is 5.76. The average Bonchev–Trinajstić information content (AvgIpc) is 3.21. The van der Waals surface area contributed by atoms with Crippen molar-refractivity contribution in [3.05, 3.63) is 63.1 Å². The van der Waals surface area contributed by atoms with Crippen molar-refractivity contribution in [1.29, 1.82) is 0 Å². The molecule has 1 atom stereocenters. The number of hydrogen-bond donors (Lipinski definition) is 1. The molecule has 0 spiro atoms. The highest BCUT2D eigenvalue weighted by Crippen LogP contribution is 2.26. The molecule has 0 saturated carbocycles. The highest BCUT2D eigenvalue weighted by Gasteiger charge is 2.18. The lowest BCUT2D eigenvalue weighted by molar-refractivity contribution is 0.0938. The van der Waals surface area contributed by atoms with Crippen LogP contribution in [0.3, 0.4) is 0 Å². The standard InChI is InChI=1S/C21H22N4O3S/c1-12(7-14-11-24(3)18-6-5-15(28-4)8-16(14)18)23-19(26)17-9-22-21-25(20(17)27)10-13(2)29-21/h5-6,8-12H,7H2,1-4H3,(H,23,26).